The van der Waals surface area contributed by atoms with Gasteiger partial charge in [-0.2, -0.15) is 0 Å². The van der Waals surface area contributed by atoms with Gasteiger partial charge in [0.25, 0.3) is 0 Å². The quantitative estimate of drug-likeness (QED) is 0.840. The molecule has 7 nitrogen and oxygen atoms in total. The molecule has 7 heteroatoms. The number of anilines is 1. The molecule has 2 rings (SSSR count). The Hall–Kier alpha value is -2.44. The van der Waals surface area contributed by atoms with Crippen LogP contribution in [0.5, 0.6) is 17.2 Å². The molecule has 2 amide bonds. The maximum absolute atomic E-state index is 13.0. The first-order valence-corrected chi connectivity index (χ1v) is 8.71. The van der Waals surface area contributed by atoms with Gasteiger partial charge in [-0.15, -0.1) is 0 Å². The minimum absolute atomic E-state index is 0.00922. The second kappa shape index (κ2) is 7.85. The van der Waals surface area contributed by atoms with Crippen molar-refractivity contribution in [2.24, 2.45) is 5.92 Å². The largest absolute Gasteiger partial charge is 0.493 e. The van der Waals surface area contributed by atoms with Crippen molar-refractivity contribution < 1.29 is 23.8 Å². The number of carbonyl (C=O) groups is 2. The average molecular weight is 364 g/mol. The van der Waals surface area contributed by atoms with E-state index in [0.717, 1.165) is 6.42 Å². The van der Waals surface area contributed by atoms with Crippen LogP contribution >= 0.6 is 0 Å². The number of benzene rings is 1. The van der Waals surface area contributed by atoms with Crippen molar-refractivity contribution in [3.8, 4) is 17.2 Å². The zero-order chi connectivity index (χ0) is 19.5. The highest BCUT2D eigenvalue weighted by atomic mass is 16.5. The Kier molecular flexibility index (Phi) is 6.00. The summed E-state index contributed by atoms with van der Waals surface area (Å²) >= 11 is 0. The van der Waals surface area contributed by atoms with Crippen molar-refractivity contribution in [1.82, 2.24) is 4.90 Å². The lowest BCUT2D eigenvalue weighted by atomic mass is 9.96. The Morgan fingerprint density at radius 2 is 1.69 bits per heavy atom. The van der Waals surface area contributed by atoms with E-state index in [4.69, 9.17) is 14.2 Å². The first kappa shape index (κ1) is 19.9. The molecule has 1 aliphatic heterocycles. The molecule has 1 aliphatic rings. The van der Waals surface area contributed by atoms with Crippen LogP contribution in [0.4, 0.5) is 5.69 Å². The summed E-state index contributed by atoms with van der Waals surface area (Å²) in [6, 6.07) is 3.35. The molecule has 0 aromatic heterocycles. The first-order valence-electron chi connectivity index (χ1n) is 8.71. The van der Waals surface area contributed by atoms with Gasteiger partial charge in [-0.1, -0.05) is 13.8 Å². The predicted molar refractivity (Wildman–Crippen MR) is 98.9 cm³/mol. The fourth-order valence-electron chi connectivity index (χ4n) is 3.28. The Morgan fingerprint density at radius 1 is 1.12 bits per heavy atom. The molecule has 1 saturated heterocycles. The highest BCUT2D eigenvalue weighted by molar-refractivity contribution is 6.01. The first-order chi connectivity index (χ1) is 12.3. The van der Waals surface area contributed by atoms with E-state index < -0.39 is 5.54 Å². The second-order valence-electron chi connectivity index (χ2n) is 6.89. The lowest BCUT2D eigenvalue weighted by molar-refractivity contribution is -0.144. The van der Waals surface area contributed by atoms with E-state index in [2.05, 4.69) is 5.32 Å². The Morgan fingerprint density at radius 3 is 2.15 bits per heavy atom. The minimum atomic E-state index is -0.873. The summed E-state index contributed by atoms with van der Waals surface area (Å²) < 4.78 is 15.9. The van der Waals surface area contributed by atoms with Crippen LogP contribution in [-0.2, 0) is 9.59 Å². The van der Waals surface area contributed by atoms with Gasteiger partial charge in [-0.05, 0) is 19.8 Å². The molecule has 1 aromatic carbocycles. The van der Waals surface area contributed by atoms with Crippen LogP contribution in [0.25, 0.3) is 0 Å². The highest BCUT2D eigenvalue weighted by Crippen LogP contribution is 2.40. The van der Waals surface area contributed by atoms with Crippen molar-refractivity contribution in [1.29, 1.82) is 0 Å². The molecule has 0 bridgehead atoms. The zero-order valence-electron chi connectivity index (χ0n) is 16.3. The normalized spacial score (nSPS) is 19.4. The summed E-state index contributed by atoms with van der Waals surface area (Å²) in [6.07, 6.45) is 1.43. The Labute approximate surface area is 154 Å². The van der Waals surface area contributed by atoms with E-state index in [9.17, 15) is 9.59 Å². The number of hydrogen-bond acceptors (Lipinski definition) is 5. The molecular formula is C19H28N2O5. The van der Waals surface area contributed by atoms with Crippen molar-refractivity contribution in [3.05, 3.63) is 12.1 Å². The molecule has 0 spiro atoms. The summed E-state index contributed by atoms with van der Waals surface area (Å²) in [6.45, 7) is 6.10. The summed E-state index contributed by atoms with van der Waals surface area (Å²) in [5.74, 6) is 0.976. The van der Waals surface area contributed by atoms with E-state index >= 15 is 0 Å². The molecule has 1 heterocycles. The van der Waals surface area contributed by atoms with E-state index in [1.54, 1.807) is 17.0 Å². The number of ether oxygens (including phenoxy) is 3. The van der Waals surface area contributed by atoms with E-state index in [0.29, 0.717) is 35.9 Å². The molecular weight excluding hydrogens is 336 g/mol. The zero-order valence-corrected chi connectivity index (χ0v) is 16.3. The number of methoxy groups -OCH3 is 3. The molecule has 1 unspecified atom stereocenters. The fraction of sp³-hybridized carbons (Fsp3) is 0.579. The van der Waals surface area contributed by atoms with E-state index in [-0.39, 0.29) is 17.7 Å². The summed E-state index contributed by atoms with van der Waals surface area (Å²) in [4.78, 5) is 27.2. The standard InChI is InChI=1S/C19H28N2O5/c1-12(2)17(22)21-9-7-8-19(21,3)18(23)20-13-10-14(24-4)16(26-6)15(11-13)25-5/h10-12H,7-9H2,1-6H3,(H,20,23). The molecule has 144 valence electrons. The molecule has 0 aliphatic carbocycles. The van der Waals surface area contributed by atoms with Crippen LogP contribution in [-0.4, -0.2) is 50.1 Å². The summed E-state index contributed by atoms with van der Waals surface area (Å²) in [7, 11) is 4.56. The maximum atomic E-state index is 13.0. The van der Waals surface area contributed by atoms with Gasteiger partial charge in [-0.3, -0.25) is 9.59 Å². The number of carbonyl (C=O) groups excluding carboxylic acids is 2. The van der Waals surface area contributed by atoms with Crippen LogP contribution in [0.3, 0.4) is 0 Å². The van der Waals surface area contributed by atoms with Gasteiger partial charge in [-0.25, -0.2) is 0 Å². The SMILES string of the molecule is COc1cc(NC(=O)C2(C)CCCN2C(=O)C(C)C)cc(OC)c1OC. The van der Waals surface area contributed by atoms with Gasteiger partial charge in [0.15, 0.2) is 11.5 Å². The summed E-state index contributed by atoms with van der Waals surface area (Å²) in [5.41, 5.74) is -0.351. The van der Waals surface area contributed by atoms with Crippen LogP contribution in [0.15, 0.2) is 12.1 Å². The lowest BCUT2D eigenvalue weighted by Crippen LogP contribution is -2.54. The average Bonchev–Trinajstić information content (AvgIpc) is 3.02. The third kappa shape index (κ3) is 3.57. The fourth-order valence-corrected chi connectivity index (χ4v) is 3.28. The Bertz CT molecular complexity index is 664. The number of rotatable bonds is 6. The van der Waals surface area contributed by atoms with Crippen molar-refractivity contribution in [3.63, 3.8) is 0 Å². The van der Waals surface area contributed by atoms with Crippen molar-refractivity contribution in [2.45, 2.75) is 39.2 Å². The Balaban J connectivity index is 2.30. The number of likely N-dealkylation sites (tertiary alicyclic amines) is 1. The highest BCUT2D eigenvalue weighted by Gasteiger charge is 2.46. The van der Waals surface area contributed by atoms with Gasteiger partial charge in [0, 0.05) is 30.3 Å². The number of hydrogen-bond donors (Lipinski definition) is 1. The van der Waals surface area contributed by atoms with Gasteiger partial charge in [0.2, 0.25) is 17.6 Å². The second-order valence-corrected chi connectivity index (χ2v) is 6.89. The van der Waals surface area contributed by atoms with Crippen molar-refractivity contribution in [2.75, 3.05) is 33.2 Å². The van der Waals surface area contributed by atoms with Crippen LogP contribution in [0.2, 0.25) is 0 Å². The molecule has 26 heavy (non-hydrogen) atoms. The molecule has 1 N–H and O–H groups in total. The summed E-state index contributed by atoms with van der Waals surface area (Å²) in [5, 5.41) is 2.90. The molecule has 0 saturated carbocycles. The third-order valence-electron chi connectivity index (χ3n) is 4.81. The third-order valence-corrected chi connectivity index (χ3v) is 4.81. The smallest absolute Gasteiger partial charge is 0.250 e. The lowest BCUT2D eigenvalue weighted by Gasteiger charge is -2.35. The van der Waals surface area contributed by atoms with Crippen LogP contribution in [0, 0.1) is 5.92 Å². The van der Waals surface area contributed by atoms with Gasteiger partial charge >= 0.3 is 0 Å². The molecule has 1 atom stereocenters. The topological polar surface area (TPSA) is 77.1 Å². The van der Waals surface area contributed by atoms with Crippen LogP contribution in [0.1, 0.15) is 33.6 Å². The molecule has 1 fully saturated rings. The number of nitrogens with one attached hydrogen (secondary N) is 1. The van der Waals surface area contributed by atoms with Crippen molar-refractivity contribution >= 4 is 17.5 Å². The van der Waals surface area contributed by atoms with E-state index in [1.165, 1.54) is 21.3 Å². The van der Waals surface area contributed by atoms with Gasteiger partial charge < -0.3 is 24.4 Å². The molecule has 1 aromatic rings. The monoisotopic (exact) mass is 364 g/mol. The number of nitrogens with zero attached hydrogens (tertiary/aromatic N) is 1. The van der Waals surface area contributed by atoms with Gasteiger partial charge in [0.05, 0.1) is 21.3 Å². The number of amides is 2. The van der Waals surface area contributed by atoms with Crippen LogP contribution < -0.4 is 19.5 Å². The predicted octanol–water partition coefficient (Wildman–Crippen LogP) is 2.69. The maximum Gasteiger partial charge on any atom is 0.250 e. The van der Waals surface area contributed by atoms with Gasteiger partial charge in [0.1, 0.15) is 5.54 Å². The van der Waals surface area contributed by atoms with E-state index in [1.807, 2.05) is 20.8 Å². The minimum Gasteiger partial charge on any atom is -0.493 e. The molecule has 0 radical (unpaired) electrons.